The van der Waals surface area contributed by atoms with Crippen LogP contribution < -0.4 is 5.32 Å². The highest BCUT2D eigenvalue weighted by atomic mass is 16.3. The number of β-amino-alcohol motifs (C(OH)–C–C–N with tert-alkyl or cyclic N) is 1. The second kappa shape index (κ2) is 3.48. The van der Waals surface area contributed by atoms with E-state index in [0.29, 0.717) is 6.54 Å². The minimum Gasteiger partial charge on any atom is -0.387 e. The Kier molecular flexibility index (Phi) is 2.34. The van der Waals surface area contributed by atoms with E-state index in [0.717, 1.165) is 18.5 Å². The first-order valence-electron chi connectivity index (χ1n) is 4.76. The van der Waals surface area contributed by atoms with Gasteiger partial charge in [-0.1, -0.05) is 18.2 Å². The molecule has 0 fully saturated rings. The van der Waals surface area contributed by atoms with E-state index in [1.165, 1.54) is 11.1 Å². The van der Waals surface area contributed by atoms with Crippen LogP contribution in [0.25, 0.3) is 0 Å². The summed E-state index contributed by atoms with van der Waals surface area (Å²) in [6.07, 6.45) is 0.691. The van der Waals surface area contributed by atoms with Crippen LogP contribution in [0.3, 0.4) is 0 Å². The van der Waals surface area contributed by atoms with Crippen molar-refractivity contribution < 1.29 is 5.11 Å². The first-order valence-corrected chi connectivity index (χ1v) is 4.76. The third kappa shape index (κ3) is 1.60. The van der Waals surface area contributed by atoms with Crippen molar-refractivity contribution in [2.24, 2.45) is 0 Å². The molecular weight excluding hydrogens is 162 g/mol. The van der Waals surface area contributed by atoms with Crippen molar-refractivity contribution in [3.63, 3.8) is 0 Å². The van der Waals surface area contributed by atoms with E-state index in [9.17, 15) is 5.11 Å². The molecule has 0 amide bonds. The molecule has 1 aromatic rings. The smallest absolute Gasteiger partial charge is 0.0917 e. The van der Waals surface area contributed by atoms with Gasteiger partial charge in [0.2, 0.25) is 0 Å². The highest BCUT2D eigenvalue weighted by Gasteiger charge is 2.16. The van der Waals surface area contributed by atoms with Gasteiger partial charge >= 0.3 is 0 Å². The molecule has 2 nitrogen and oxygen atoms in total. The Hall–Kier alpha value is -0.860. The lowest BCUT2D eigenvalue weighted by molar-refractivity contribution is 0.178. The molecular formula is C11H15NO. The average Bonchev–Trinajstić information content (AvgIpc) is 2.30. The molecule has 1 heterocycles. The van der Waals surface area contributed by atoms with E-state index in [1.54, 1.807) is 0 Å². The quantitative estimate of drug-likeness (QED) is 0.623. The SMILES string of the molecule is Cc1cccc2c1CCNCC2O. The van der Waals surface area contributed by atoms with Gasteiger partial charge in [0.05, 0.1) is 6.10 Å². The molecule has 70 valence electrons. The van der Waals surface area contributed by atoms with Crippen LogP contribution in [0.1, 0.15) is 22.8 Å². The summed E-state index contributed by atoms with van der Waals surface area (Å²) in [5.74, 6) is 0. The fourth-order valence-corrected chi connectivity index (χ4v) is 1.94. The monoisotopic (exact) mass is 177 g/mol. The van der Waals surface area contributed by atoms with Crippen LogP contribution in [-0.2, 0) is 6.42 Å². The molecule has 1 unspecified atom stereocenters. The third-order valence-electron chi connectivity index (χ3n) is 2.69. The molecule has 0 bridgehead atoms. The summed E-state index contributed by atoms with van der Waals surface area (Å²) in [7, 11) is 0. The maximum absolute atomic E-state index is 9.80. The van der Waals surface area contributed by atoms with Crippen LogP contribution in [0.5, 0.6) is 0 Å². The molecule has 0 spiro atoms. The molecule has 0 saturated heterocycles. The van der Waals surface area contributed by atoms with Crippen LogP contribution in [-0.4, -0.2) is 18.2 Å². The Morgan fingerprint density at radius 2 is 2.31 bits per heavy atom. The summed E-state index contributed by atoms with van der Waals surface area (Å²) in [5, 5.41) is 13.0. The molecule has 13 heavy (non-hydrogen) atoms. The van der Waals surface area contributed by atoms with Gasteiger partial charge in [0.15, 0.2) is 0 Å². The lowest BCUT2D eigenvalue weighted by atomic mass is 9.97. The Balaban J connectivity index is 2.47. The van der Waals surface area contributed by atoms with Gasteiger partial charge in [-0.25, -0.2) is 0 Å². The predicted molar refractivity (Wildman–Crippen MR) is 52.7 cm³/mol. The van der Waals surface area contributed by atoms with Crippen LogP contribution >= 0.6 is 0 Å². The van der Waals surface area contributed by atoms with Crippen molar-refractivity contribution in [3.8, 4) is 0 Å². The fourth-order valence-electron chi connectivity index (χ4n) is 1.94. The van der Waals surface area contributed by atoms with Crippen molar-refractivity contribution >= 4 is 0 Å². The van der Waals surface area contributed by atoms with Crippen molar-refractivity contribution in [2.45, 2.75) is 19.4 Å². The molecule has 0 aliphatic carbocycles. The number of hydrogen-bond donors (Lipinski definition) is 2. The number of aliphatic hydroxyl groups is 1. The maximum Gasteiger partial charge on any atom is 0.0917 e. The molecule has 2 heteroatoms. The maximum atomic E-state index is 9.80. The van der Waals surface area contributed by atoms with Gasteiger partial charge in [0, 0.05) is 6.54 Å². The number of rotatable bonds is 0. The van der Waals surface area contributed by atoms with E-state index in [1.807, 2.05) is 12.1 Å². The molecule has 2 rings (SSSR count). The molecule has 1 aliphatic heterocycles. The zero-order valence-electron chi connectivity index (χ0n) is 7.88. The normalized spacial score (nSPS) is 22.2. The van der Waals surface area contributed by atoms with Crippen molar-refractivity contribution in [2.75, 3.05) is 13.1 Å². The van der Waals surface area contributed by atoms with Crippen LogP contribution in [0, 0.1) is 6.92 Å². The summed E-state index contributed by atoms with van der Waals surface area (Å²) in [5.41, 5.74) is 3.71. The zero-order valence-corrected chi connectivity index (χ0v) is 7.88. The van der Waals surface area contributed by atoms with Crippen molar-refractivity contribution in [3.05, 3.63) is 34.9 Å². The summed E-state index contributed by atoms with van der Waals surface area (Å²) in [6.45, 7) is 3.75. The minimum absolute atomic E-state index is 0.336. The Bertz CT molecular complexity index is 309. The number of aliphatic hydroxyl groups excluding tert-OH is 1. The number of hydrogen-bond acceptors (Lipinski definition) is 2. The number of nitrogens with one attached hydrogen (secondary N) is 1. The Morgan fingerprint density at radius 1 is 1.46 bits per heavy atom. The highest BCUT2D eigenvalue weighted by molar-refractivity contribution is 5.37. The van der Waals surface area contributed by atoms with Gasteiger partial charge in [-0.2, -0.15) is 0 Å². The lowest BCUT2D eigenvalue weighted by Gasteiger charge is -2.12. The molecule has 1 aliphatic rings. The van der Waals surface area contributed by atoms with Gasteiger partial charge in [0.25, 0.3) is 0 Å². The largest absolute Gasteiger partial charge is 0.387 e. The van der Waals surface area contributed by atoms with Crippen molar-refractivity contribution in [1.29, 1.82) is 0 Å². The Labute approximate surface area is 78.6 Å². The van der Waals surface area contributed by atoms with Gasteiger partial charge < -0.3 is 10.4 Å². The third-order valence-corrected chi connectivity index (χ3v) is 2.69. The minimum atomic E-state index is -0.336. The molecule has 1 atom stereocenters. The molecule has 0 radical (unpaired) electrons. The number of benzene rings is 1. The average molecular weight is 177 g/mol. The molecule has 1 aromatic carbocycles. The van der Waals surface area contributed by atoms with Gasteiger partial charge in [-0.05, 0) is 36.6 Å². The molecule has 2 N–H and O–H groups in total. The Morgan fingerprint density at radius 3 is 3.15 bits per heavy atom. The second-order valence-electron chi connectivity index (χ2n) is 3.61. The first-order chi connectivity index (χ1) is 6.29. The van der Waals surface area contributed by atoms with Gasteiger partial charge in [-0.15, -0.1) is 0 Å². The summed E-state index contributed by atoms with van der Waals surface area (Å²) >= 11 is 0. The molecule has 0 aromatic heterocycles. The summed E-state index contributed by atoms with van der Waals surface area (Å²) < 4.78 is 0. The van der Waals surface area contributed by atoms with E-state index < -0.39 is 0 Å². The van der Waals surface area contributed by atoms with Gasteiger partial charge in [0.1, 0.15) is 0 Å². The van der Waals surface area contributed by atoms with Crippen LogP contribution in [0.15, 0.2) is 18.2 Å². The standard InChI is InChI=1S/C11H15NO/c1-8-3-2-4-10-9(8)5-6-12-7-11(10)13/h2-4,11-13H,5-7H2,1H3. The second-order valence-corrected chi connectivity index (χ2v) is 3.61. The summed E-state index contributed by atoms with van der Waals surface area (Å²) in [4.78, 5) is 0. The number of aryl methyl sites for hydroxylation is 1. The topological polar surface area (TPSA) is 32.3 Å². The van der Waals surface area contributed by atoms with E-state index in [2.05, 4.69) is 18.3 Å². The van der Waals surface area contributed by atoms with Crippen LogP contribution in [0.2, 0.25) is 0 Å². The summed E-state index contributed by atoms with van der Waals surface area (Å²) in [6, 6.07) is 6.15. The highest BCUT2D eigenvalue weighted by Crippen LogP contribution is 2.22. The van der Waals surface area contributed by atoms with Crippen LogP contribution in [0.4, 0.5) is 0 Å². The van der Waals surface area contributed by atoms with Gasteiger partial charge in [-0.3, -0.25) is 0 Å². The van der Waals surface area contributed by atoms with E-state index in [-0.39, 0.29) is 6.10 Å². The fraction of sp³-hybridized carbons (Fsp3) is 0.455. The van der Waals surface area contributed by atoms with Crippen molar-refractivity contribution in [1.82, 2.24) is 5.32 Å². The van der Waals surface area contributed by atoms with E-state index in [4.69, 9.17) is 0 Å². The molecule has 0 saturated carbocycles. The zero-order chi connectivity index (χ0) is 9.26. The van der Waals surface area contributed by atoms with E-state index >= 15 is 0 Å². The first kappa shape index (κ1) is 8.73. The number of fused-ring (bicyclic) bond motifs is 1. The lowest BCUT2D eigenvalue weighted by Crippen LogP contribution is -2.19. The predicted octanol–water partition coefficient (Wildman–Crippen LogP) is 1.17.